The summed E-state index contributed by atoms with van der Waals surface area (Å²) in [6, 6.07) is 5.00. The molecule has 20 heavy (non-hydrogen) atoms. The molecular weight excluding hydrogens is 260 g/mol. The molecule has 0 aliphatic heterocycles. The highest BCUT2D eigenvalue weighted by Crippen LogP contribution is 2.38. The van der Waals surface area contributed by atoms with Crippen LogP contribution in [0.2, 0.25) is 0 Å². The van der Waals surface area contributed by atoms with Gasteiger partial charge in [-0.25, -0.2) is 4.79 Å². The molecule has 1 N–H and O–H groups in total. The first-order valence-electron chi connectivity index (χ1n) is 6.43. The summed E-state index contributed by atoms with van der Waals surface area (Å²) < 4.78 is 10.7. The van der Waals surface area contributed by atoms with Crippen LogP contribution in [0, 0.1) is 6.92 Å². The molecule has 1 saturated carbocycles. The molecule has 2 aromatic rings. The second kappa shape index (κ2) is 4.96. The molecule has 1 aromatic heterocycles. The molecule has 6 heteroatoms. The van der Waals surface area contributed by atoms with Gasteiger partial charge in [-0.1, -0.05) is 17.3 Å². The number of nitrogens with zero attached hydrogens (tertiary/aromatic N) is 2. The minimum absolute atomic E-state index is 0.0986. The number of ether oxygens (including phenoxy) is 1. The molecule has 0 unspecified atom stereocenters. The van der Waals surface area contributed by atoms with Crippen molar-refractivity contribution in [1.29, 1.82) is 0 Å². The van der Waals surface area contributed by atoms with Crippen molar-refractivity contribution in [3.8, 4) is 5.75 Å². The van der Waals surface area contributed by atoms with Crippen LogP contribution in [-0.2, 0) is 6.61 Å². The monoisotopic (exact) mass is 274 g/mol. The van der Waals surface area contributed by atoms with Crippen LogP contribution >= 0.6 is 0 Å². The Bertz CT molecular complexity index is 646. The fourth-order valence-electron chi connectivity index (χ4n) is 1.97. The van der Waals surface area contributed by atoms with E-state index >= 15 is 0 Å². The number of aromatic carboxylic acids is 1. The number of aryl methyl sites for hydroxylation is 1. The maximum Gasteiger partial charge on any atom is 0.339 e. The molecule has 0 spiro atoms. The van der Waals surface area contributed by atoms with Gasteiger partial charge in [0.1, 0.15) is 11.3 Å². The van der Waals surface area contributed by atoms with Crippen LogP contribution in [0.5, 0.6) is 5.75 Å². The van der Waals surface area contributed by atoms with E-state index in [0.717, 1.165) is 18.4 Å². The van der Waals surface area contributed by atoms with Crippen molar-refractivity contribution in [1.82, 2.24) is 10.1 Å². The normalized spacial score (nSPS) is 14.2. The van der Waals surface area contributed by atoms with E-state index in [2.05, 4.69) is 10.1 Å². The second-order valence-electron chi connectivity index (χ2n) is 4.87. The summed E-state index contributed by atoms with van der Waals surface area (Å²) in [5, 5.41) is 13.0. The Hall–Kier alpha value is -2.37. The molecule has 6 nitrogen and oxygen atoms in total. The summed E-state index contributed by atoms with van der Waals surface area (Å²) in [6.07, 6.45) is 2.17. The Morgan fingerprint density at radius 1 is 1.50 bits per heavy atom. The number of aromatic nitrogens is 2. The standard InChI is InChI=1S/C14H14N2O4/c1-8-3-2-4-10(14(17)18)12(8)19-7-11-15-13(20-16-11)9-5-6-9/h2-4,9H,5-7H2,1H3,(H,17,18). The molecular formula is C14H14N2O4. The molecule has 1 heterocycles. The van der Waals surface area contributed by atoms with Crippen LogP contribution in [-0.4, -0.2) is 21.2 Å². The van der Waals surface area contributed by atoms with E-state index in [9.17, 15) is 4.79 Å². The van der Waals surface area contributed by atoms with E-state index in [-0.39, 0.29) is 12.2 Å². The van der Waals surface area contributed by atoms with Gasteiger partial charge in [0.05, 0.1) is 0 Å². The van der Waals surface area contributed by atoms with Crippen molar-refractivity contribution in [2.45, 2.75) is 32.3 Å². The summed E-state index contributed by atoms with van der Waals surface area (Å²) in [6.45, 7) is 1.90. The molecule has 104 valence electrons. The lowest BCUT2D eigenvalue weighted by Gasteiger charge is -2.09. The van der Waals surface area contributed by atoms with E-state index < -0.39 is 5.97 Å². The SMILES string of the molecule is Cc1cccc(C(=O)O)c1OCc1noc(C2CC2)n1. The molecule has 1 fully saturated rings. The molecule has 1 aliphatic carbocycles. The number of hydrogen-bond acceptors (Lipinski definition) is 5. The quantitative estimate of drug-likeness (QED) is 0.901. The lowest BCUT2D eigenvalue weighted by atomic mass is 10.1. The van der Waals surface area contributed by atoms with Gasteiger partial charge in [0.15, 0.2) is 6.61 Å². The van der Waals surface area contributed by atoms with E-state index in [0.29, 0.717) is 23.4 Å². The van der Waals surface area contributed by atoms with Gasteiger partial charge >= 0.3 is 5.97 Å². The Morgan fingerprint density at radius 2 is 2.30 bits per heavy atom. The Morgan fingerprint density at radius 3 is 3.00 bits per heavy atom. The molecule has 3 rings (SSSR count). The number of benzene rings is 1. The van der Waals surface area contributed by atoms with Gasteiger partial charge < -0.3 is 14.4 Å². The lowest BCUT2D eigenvalue weighted by molar-refractivity contribution is 0.0691. The Kier molecular flexibility index (Phi) is 3.14. The van der Waals surface area contributed by atoms with E-state index in [1.54, 1.807) is 19.1 Å². The van der Waals surface area contributed by atoms with Crippen LogP contribution < -0.4 is 4.74 Å². The van der Waals surface area contributed by atoms with E-state index in [4.69, 9.17) is 14.4 Å². The van der Waals surface area contributed by atoms with Crippen molar-refractivity contribution >= 4 is 5.97 Å². The van der Waals surface area contributed by atoms with Crippen LogP contribution in [0.25, 0.3) is 0 Å². The Labute approximate surface area is 115 Å². The number of carboxylic acids is 1. The predicted octanol–water partition coefficient (Wildman–Crippen LogP) is 2.53. The average molecular weight is 274 g/mol. The largest absolute Gasteiger partial charge is 0.484 e. The molecule has 0 atom stereocenters. The van der Waals surface area contributed by atoms with Gasteiger partial charge in [0, 0.05) is 5.92 Å². The highest BCUT2D eigenvalue weighted by atomic mass is 16.5. The third kappa shape index (κ3) is 2.49. The van der Waals surface area contributed by atoms with Crippen molar-refractivity contribution in [3.63, 3.8) is 0 Å². The van der Waals surface area contributed by atoms with Gasteiger partial charge in [0.25, 0.3) is 0 Å². The van der Waals surface area contributed by atoms with Crippen LogP contribution in [0.4, 0.5) is 0 Å². The first kappa shape index (κ1) is 12.7. The smallest absolute Gasteiger partial charge is 0.339 e. The minimum atomic E-state index is -1.02. The van der Waals surface area contributed by atoms with Crippen LogP contribution in [0.15, 0.2) is 22.7 Å². The molecule has 1 aromatic carbocycles. The summed E-state index contributed by atoms with van der Waals surface area (Å²) >= 11 is 0. The highest BCUT2D eigenvalue weighted by molar-refractivity contribution is 5.91. The molecule has 0 amide bonds. The first-order valence-corrected chi connectivity index (χ1v) is 6.43. The zero-order valence-electron chi connectivity index (χ0n) is 11.0. The molecule has 0 saturated heterocycles. The topological polar surface area (TPSA) is 85.5 Å². The summed E-state index contributed by atoms with van der Waals surface area (Å²) in [4.78, 5) is 15.4. The van der Waals surface area contributed by atoms with Crippen molar-refractivity contribution in [2.24, 2.45) is 0 Å². The molecule has 1 aliphatic rings. The van der Waals surface area contributed by atoms with Crippen LogP contribution in [0.3, 0.4) is 0 Å². The van der Waals surface area contributed by atoms with Gasteiger partial charge in [-0.3, -0.25) is 0 Å². The third-order valence-electron chi connectivity index (χ3n) is 3.20. The minimum Gasteiger partial charge on any atom is -0.484 e. The zero-order chi connectivity index (χ0) is 14.1. The maximum absolute atomic E-state index is 11.2. The summed E-state index contributed by atoms with van der Waals surface area (Å²) in [5.74, 6) is 0.802. The second-order valence-corrected chi connectivity index (χ2v) is 4.87. The van der Waals surface area contributed by atoms with Crippen LogP contribution in [0.1, 0.15) is 46.4 Å². The van der Waals surface area contributed by atoms with Crippen molar-refractivity contribution < 1.29 is 19.2 Å². The number of hydrogen-bond donors (Lipinski definition) is 1. The highest BCUT2D eigenvalue weighted by Gasteiger charge is 2.29. The van der Waals surface area contributed by atoms with Gasteiger partial charge in [-0.05, 0) is 31.4 Å². The summed E-state index contributed by atoms with van der Waals surface area (Å²) in [5.41, 5.74) is 0.895. The average Bonchev–Trinajstić information content (AvgIpc) is 3.16. The first-order chi connectivity index (χ1) is 9.65. The van der Waals surface area contributed by atoms with Gasteiger partial charge in [-0.15, -0.1) is 0 Å². The maximum atomic E-state index is 11.2. The Balaban J connectivity index is 1.75. The van der Waals surface area contributed by atoms with Crippen molar-refractivity contribution in [3.05, 3.63) is 41.0 Å². The van der Waals surface area contributed by atoms with E-state index in [1.165, 1.54) is 6.07 Å². The molecule has 0 radical (unpaired) electrons. The number of para-hydroxylation sites is 1. The third-order valence-corrected chi connectivity index (χ3v) is 3.20. The van der Waals surface area contributed by atoms with E-state index in [1.807, 2.05) is 0 Å². The fraction of sp³-hybridized carbons (Fsp3) is 0.357. The molecule has 0 bridgehead atoms. The van der Waals surface area contributed by atoms with Gasteiger partial charge in [0.2, 0.25) is 11.7 Å². The summed E-state index contributed by atoms with van der Waals surface area (Å²) in [7, 11) is 0. The van der Waals surface area contributed by atoms with Crippen molar-refractivity contribution in [2.75, 3.05) is 0 Å². The number of carbonyl (C=O) groups is 1. The predicted molar refractivity (Wildman–Crippen MR) is 68.7 cm³/mol. The zero-order valence-corrected chi connectivity index (χ0v) is 11.0. The van der Waals surface area contributed by atoms with Gasteiger partial charge in [-0.2, -0.15) is 4.98 Å². The number of carboxylic acid groups (broad SMARTS) is 1. The number of rotatable bonds is 5. The fourth-order valence-corrected chi connectivity index (χ4v) is 1.97. The lowest BCUT2D eigenvalue weighted by Crippen LogP contribution is -2.05.